The van der Waals surface area contributed by atoms with Gasteiger partial charge in [0.2, 0.25) is 10.0 Å². The zero-order chi connectivity index (χ0) is 17.2. The van der Waals surface area contributed by atoms with Crippen LogP contribution in [-0.2, 0) is 19.6 Å². The summed E-state index contributed by atoms with van der Waals surface area (Å²) in [4.78, 5) is 13.3. The molecule has 23 heavy (non-hydrogen) atoms. The van der Waals surface area contributed by atoms with Crippen molar-refractivity contribution in [2.24, 2.45) is 5.92 Å². The van der Waals surface area contributed by atoms with Gasteiger partial charge in [-0.15, -0.1) is 0 Å². The summed E-state index contributed by atoms with van der Waals surface area (Å²) in [5.41, 5.74) is 1.71. The number of carboxylic acid groups (broad SMARTS) is 1. The lowest BCUT2D eigenvalue weighted by atomic mass is 10.0. The first-order valence-electron chi connectivity index (χ1n) is 7.33. The predicted octanol–water partition coefficient (Wildman–Crippen LogP) is 0.829. The van der Waals surface area contributed by atoms with E-state index < -0.39 is 22.0 Å². The van der Waals surface area contributed by atoms with E-state index >= 15 is 0 Å². The van der Waals surface area contributed by atoms with Crippen LogP contribution < -0.4 is 9.62 Å². The molecule has 2 unspecified atom stereocenters. The molecule has 2 atom stereocenters. The molecule has 128 valence electrons. The van der Waals surface area contributed by atoms with E-state index in [-0.39, 0.29) is 17.4 Å². The topological polar surface area (TPSA) is 95.9 Å². The molecule has 1 aromatic rings. The highest BCUT2D eigenvalue weighted by Gasteiger charge is 2.35. The van der Waals surface area contributed by atoms with E-state index in [1.165, 1.54) is 6.07 Å². The van der Waals surface area contributed by atoms with Crippen molar-refractivity contribution in [3.8, 4) is 0 Å². The molecule has 1 aromatic carbocycles. The predicted molar refractivity (Wildman–Crippen MR) is 86.2 cm³/mol. The molecule has 1 aliphatic heterocycles. The van der Waals surface area contributed by atoms with Crippen molar-refractivity contribution in [3.05, 3.63) is 23.8 Å². The summed E-state index contributed by atoms with van der Waals surface area (Å²) in [7, 11) is -0.285. The van der Waals surface area contributed by atoms with Crippen molar-refractivity contribution in [1.29, 1.82) is 0 Å². The number of aliphatic carboxylic acids is 1. The average Bonchev–Trinajstić information content (AvgIpc) is 2.98. The van der Waals surface area contributed by atoms with Crippen LogP contribution in [0.2, 0.25) is 0 Å². The van der Waals surface area contributed by atoms with Gasteiger partial charge in [0.15, 0.2) is 0 Å². The van der Waals surface area contributed by atoms with Gasteiger partial charge < -0.3 is 14.7 Å². The third-order valence-corrected chi connectivity index (χ3v) is 5.40. The third-order valence-electron chi connectivity index (χ3n) is 3.96. The maximum absolute atomic E-state index is 12.6. The van der Waals surface area contributed by atoms with Gasteiger partial charge in [-0.1, -0.05) is 6.07 Å². The Morgan fingerprint density at radius 1 is 1.43 bits per heavy atom. The van der Waals surface area contributed by atoms with Crippen LogP contribution in [0.3, 0.4) is 0 Å². The monoisotopic (exact) mass is 342 g/mol. The SMILES string of the molecule is Cc1ccc(S(=O)(=O)NC(C(=O)O)C2CCOC2)cc1N(C)C. The minimum atomic E-state index is -3.93. The number of sulfonamides is 1. The van der Waals surface area contributed by atoms with Crippen molar-refractivity contribution in [1.82, 2.24) is 4.72 Å². The molecule has 2 N–H and O–H groups in total. The standard InChI is InChI=1S/C15H22N2O5S/c1-10-4-5-12(8-13(10)17(2)3)23(20,21)16-14(15(18)19)11-6-7-22-9-11/h4-5,8,11,14,16H,6-7,9H2,1-3H3,(H,18,19). The fourth-order valence-corrected chi connectivity index (χ4v) is 3.91. The van der Waals surface area contributed by atoms with Gasteiger partial charge in [-0.25, -0.2) is 8.42 Å². The molecule has 0 radical (unpaired) electrons. The van der Waals surface area contributed by atoms with E-state index in [0.717, 1.165) is 11.3 Å². The fourth-order valence-electron chi connectivity index (χ4n) is 2.64. The number of ether oxygens (including phenoxy) is 1. The normalized spacial score (nSPS) is 19.5. The van der Waals surface area contributed by atoms with Gasteiger partial charge >= 0.3 is 5.97 Å². The average molecular weight is 342 g/mol. The van der Waals surface area contributed by atoms with E-state index in [4.69, 9.17) is 4.74 Å². The number of aryl methyl sites for hydroxylation is 1. The van der Waals surface area contributed by atoms with Crippen LogP contribution in [-0.4, -0.2) is 52.8 Å². The molecule has 0 aromatic heterocycles. The van der Waals surface area contributed by atoms with Crippen LogP contribution in [0.1, 0.15) is 12.0 Å². The molecule has 8 heteroatoms. The van der Waals surface area contributed by atoms with Crippen molar-refractivity contribution in [3.63, 3.8) is 0 Å². The second kappa shape index (κ2) is 6.86. The second-order valence-corrected chi connectivity index (χ2v) is 7.62. The van der Waals surface area contributed by atoms with Crippen LogP contribution in [0, 0.1) is 12.8 Å². The Morgan fingerprint density at radius 2 is 2.13 bits per heavy atom. The smallest absolute Gasteiger partial charge is 0.322 e. The molecule has 1 heterocycles. The number of nitrogens with zero attached hydrogens (tertiary/aromatic N) is 1. The highest BCUT2D eigenvalue weighted by molar-refractivity contribution is 7.89. The Labute approximate surface area is 136 Å². The summed E-state index contributed by atoms with van der Waals surface area (Å²) in [6.07, 6.45) is 0.524. The highest BCUT2D eigenvalue weighted by atomic mass is 32.2. The Morgan fingerprint density at radius 3 is 2.65 bits per heavy atom. The Kier molecular flexibility index (Phi) is 5.28. The Bertz CT molecular complexity index is 681. The van der Waals surface area contributed by atoms with Gasteiger partial charge in [-0.2, -0.15) is 4.72 Å². The quantitative estimate of drug-likeness (QED) is 0.795. The van der Waals surface area contributed by atoms with E-state index in [1.807, 2.05) is 25.9 Å². The van der Waals surface area contributed by atoms with Crippen molar-refractivity contribution in [2.45, 2.75) is 24.3 Å². The zero-order valence-corrected chi connectivity index (χ0v) is 14.3. The van der Waals surface area contributed by atoms with E-state index in [0.29, 0.717) is 13.0 Å². The molecular weight excluding hydrogens is 320 g/mol. The van der Waals surface area contributed by atoms with Gasteiger partial charge in [0.1, 0.15) is 6.04 Å². The Hall–Kier alpha value is -1.64. The first kappa shape index (κ1) is 17.7. The van der Waals surface area contributed by atoms with Crippen LogP contribution in [0.4, 0.5) is 5.69 Å². The lowest BCUT2D eigenvalue weighted by molar-refractivity contribution is -0.140. The molecule has 0 aliphatic carbocycles. The first-order valence-corrected chi connectivity index (χ1v) is 8.81. The summed E-state index contributed by atoms with van der Waals surface area (Å²) in [6.45, 7) is 2.58. The summed E-state index contributed by atoms with van der Waals surface area (Å²) < 4.78 is 32.6. The summed E-state index contributed by atoms with van der Waals surface area (Å²) in [5.74, 6) is -1.55. The van der Waals surface area contributed by atoms with Gasteiger partial charge in [0.05, 0.1) is 11.5 Å². The molecule has 0 bridgehead atoms. The molecule has 1 saturated heterocycles. The van der Waals surface area contributed by atoms with Crippen LogP contribution in [0.5, 0.6) is 0 Å². The summed E-state index contributed by atoms with van der Waals surface area (Å²) in [5, 5.41) is 9.34. The Balaban J connectivity index is 2.30. The number of benzene rings is 1. The number of carbonyl (C=O) groups is 1. The fraction of sp³-hybridized carbons (Fsp3) is 0.533. The number of rotatable bonds is 6. The number of hydrogen-bond acceptors (Lipinski definition) is 5. The summed E-state index contributed by atoms with van der Waals surface area (Å²) in [6, 6.07) is 3.54. The molecule has 0 amide bonds. The molecule has 7 nitrogen and oxygen atoms in total. The zero-order valence-electron chi connectivity index (χ0n) is 13.4. The van der Waals surface area contributed by atoms with Crippen molar-refractivity contribution >= 4 is 21.7 Å². The first-order chi connectivity index (χ1) is 10.7. The van der Waals surface area contributed by atoms with E-state index in [2.05, 4.69) is 4.72 Å². The number of anilines is 1. The van der Waals surface area contributed by atoms with Crippen LogP contribution >= 0.6 is 0 Å². The lowest BCUT2D eigenvalue weighted by Gasteiger charge is -2.21. The van der Waals surface area contributed by atoms with Gasteiger partial charge in [-0.05, 0) is 31.0 Å². The summed E-state index contributed by atoms with van der Waals surface area (Å²) >= 11 is 0. The minimum Gasteiger partial charge on any atom is -0.480 e. The van der Waals surface area contributed by atoms with Crippen molar-refractivity contribution in [2.75, 3.05) is 32.2 Å². The largest absolute Gasteiger partial charge is 0.480 e. The molecule has 1 aliphatic rings. The molecule has 2 rings (SSSR count). The molecule has 0 saturated carbocycles. The number of nitrogens with one attached hydrogen (secondary N) is 1. The number of carboxylic acids is 1. The maximum atomic E-state index is 12.6. The van der Waals surface area contributed by atoms with E-state index in [9.17, 15) is 18.3 Å². The van der Waals surface area contributed by atoms with Crippen molar-refractivity contribution < 1.29 is 23.1 Å². The van der Waals surface area contributed by atoms with Gasteiger partial charge in [-0.3, -0.25) is 4.79 Å². The van der Waals surface area contributed by atoms with Gasteiger partial charge in [0.25, 0.3) is 0 Å². The molecular formula is C15H22N2O5S. The van der Waals surface area contributed by atoms with Crippen LogP contribution in [0.25, 0.3) is 0 Å². The highest BCUT2D eigenvalue weighted by Crippen LogP contribution is 2.24. The minimum absolute atomic E-state index is 0.0527. The second-order valence-electron chi connectivity index (χ2n) is 5.90. The molecule has 0 spiro atoms. The number of hydrogen-bond donors (Lipinski definition) is 2. The maximum Gasteiger partial charge on any atom is 0.322 e. The van der Waals surface area contributed by atoms with Gasteiger partial charge in [0, 0.05) is 32.3 Å². The molecule has 1 fully saturated rings. The van der Waals surface area contributed by atoms with E-state index in [1.54, 1.807) is 12.1 Å². The lowest BCUT2D eigenvalue weighted by Crippen LogP contribution is -2.46. The third kappa shape index (κ3) is 4.01. The van der Waals surface area contributed by atoms with Crippen LogP contribution in [0.15, 0.2) is 23.1 Å².